The zero-order valence-electron chi connectivity index (χ0n) is 23.9. The van der Waals surface area contributed by atoms with Crippen molar-refractivity contribution in [2.75, 3.05) is 13.2 Å². The monoisotopic (exact) mass is 532 g/mol. The van der Waals surface area contributed by atoms with Crippen LogP contribution < -0.4 is 0 Å². The van der Waals surface area contributed by atoms with Crippen LogP contribution in [0.3, 0.4) is 0 Å². The number of unbranched alkanes of at least 4 members (excludes halogenated alkanes) is 15. The quantitative estimate of drug-likeness (QED) is 0.0832. The van der Waals surface area contributed by atoms with Crippen molar-refractivity contribution in [3.8, 4) is 11.8 Å². The predicted molar refractivity (Wildman–Crippen MR) is 157 cm³/mol. The second-order valence-electron chi connectivity index (χ2n) is 10.6. The molecular formula is C33H56O5. The van der Waals surface area contributed by atoms with Gasteiger partial charge in [-0.25, -0.2) is 0 Å². The molecule has 5 heteroatoms. The topological polar surface area (TPSA) is 90.2 Å². The van der Waals surface area contributed by atoms with Gasteiger partial charge < -0.3 is 25.2 Å². The van der Waals surface area contributed by atoms with Gasteiger partial charge in [-0.1, -0.05) is 114 Å². The first-order chi connectivity index (χ1) is 18.6. The Morgan fingerprint density at radius 3 is 1.76 bits per heavy atom. The Labute approximate surface area is 233 Å². The van der Waals surface area contributed by atoms with Crippen LogP contribution in [0.1, 0.15) is 128 Å². The predicted octanol–water partition coefficient (Wildman–Crippen LogP) is 6.69. The Hall–Kier alpha value is -1.42. The van der Waals surface area contributed by atoms with E-state index in [1.807, 2.05) is 30.3 Å². The van der Waals surface area contributed by atoms with E-state index in [4.69, 9.17) is 9.84 Å². The summed E-state index contributed by atoms with van der Waals surface area (Å²) in [5.74, 6) is 6.08. The number of rotatable bonds is 25. The third-order valence-corrected chi connectivity index (χ3v) is 7.08. The summed E-state index contributed by atoms with van der Waals surface area (Å²) in [5.41, 5.74) is 1.16. The molecule has 0 radical (unpaired) electrons. The van der Waals surface area contributed by atoms with Crippen molar-refractivity contribution in [2.45, 2.75) is 147 Å². The fraction of sp³-hybridized carbons (Fsp3) is 0.758. The molecule has 0 spiro atoms. The molecule has 0 aromatic heterocycles. The van der Waals surface area contributed by atoms with Crippen molar-refractivity contribution in [3.63, 3.8) is 0 Å². The molecule has 0 aliphatic carbocycles. The molecule has 38 heavy (non-hydrogen) atoms. The molecule has 5 nitrogen and oxygen atoms in total. The summed E-state index contributed by atoms with van der Waals surface area (Å²) in [6, 6.07) is 10.1. The number of hydrogen-bond donors (Lipinski definition) is 4. The van der Waals surface area contributed by atoms with Crippen LogP contribution in [0.4, 0.5) is 0 Å². The first kappa shape index (κ1) is 34.6. The molecule has 0 amide bonds. The van der Waals surface area contributed by atoms with Crippen molar-refractivity contribution < 1.29 is 25.2 Å². The van der Waals surface area contributed by atoms with Gasteiger partial charge in [0.05, 0.1) is 18.8 Å². The van der Waals surface area contributed by atoms with E-state index in [-0.39, 0.29) is 6.42 Å². The average molecular weight is 533 g/mol. The molecule has 0 saturated carbocycles. The van der Waals surface area contributed by atoms with E-state index in [2.05, 4.69) is 11.8 Å². The lowest BCUT2D eigenvalue weighted by molar-refractivity contribution is -0.0600. The summed E-state index contributed by atoms with van der Waals surface area (Å²) >= 11 is 0. The van der Waals surface area contributed by atoms with E-state index in [0.29, 0.717) is 26.2 Å². The van der Waals surface area contributed by atoms with Gasteiger partial charge in [-0.3, -0.25) is 0 Å². The van der Waals surface area contributed by atoms with Crippen LogP contribution in [0.25, 0.3) is 0 Å². The van der Waals surface area contributed by atoms with E-state index in [0.717, 1.165) is 44.1 Å². The molecule has 0 aliphatic rings. The molecule has 1 aromatic carbocycles. The molecule has 218 valence electrons. The lowest BCUT2D eigenvalue weighted by Crippen LogP contribution is -2.37. The Bertz CT molecular complexity index is 684. The van der Waals surface area contributed by atoms with Crippen LogP contribution in [-0.2, 0) is 11.3 Å². The Kier molecular flexibility index (Phi) is 23.5. The fourth-order valence-corrected chi connectivity index (χ4v) is 4.58. The van der Waals surface area contributed by atoms with Crippen LogP contribution in [0.5, 0.6) is 0 Å². The SMILES string of the molecule is OCCCCCCCCCCCCCCCC#CC[C@@H](O)[C@@H](O)[C@H](O)CCCCCOCc1ccccc1. The Balaban J connectivity index is 1.90. The highest BCUT2D eigenvalue weighted by Gasteiger charge is 2.23. The molecule has 4 N–H and O–H groups in total. The van der Waals surface area contributed by atoms with E-state index in [1.54, 1.807) is 0 Å². The molecule has 0 aliphatic heterocycles. The van der Waals surface area contributed by atoms with Gasteiger partial charge in [0.2, 0.25) is 0 Å². The minimum Gasteiger partial charge on any atom is -0.396 e. The maximum absolute atomic E-state index is 10.2. The van der Waals surface area contributed by atoms with Crippen molar-refractivity contribution in [1.29, 1.82) is 0 Å². The largest absolute Gasteiger partial charge is 0.396 e. The first-order valence-corrected chi connectivity index (χ1v) is 15.4. The van der Waals surface area contributed by atoms with E-state index < -0.39 is 18.3 Å². The molecule has 0 saturated heterocycles. The van der Waals surface area contributed by atoms with Crippen LogP contribution in [0, 0.1) is 11.8 Å². The summed E-state index contributed by atoms with van der Waals surface area (Å²) in [6.07, 6.45) is 17.3. The smallest absolute Gasteiger partial charge is 0.107 e. The van der Waals surface area contributed by atoms with Gasteiger partial charge in [-0.2, -0.15) is 0 Å². The summed E-state index contributed by atoms with van der Waals surface area (Å²) in [7, 11) is 0. The maximum atomic E-state index is 10.2. The maximum Gasteiger partial charge on any atom is 0.107 e. The van der Waals surface area contributed by atoms with E-state index in [1.165, 1.54) is 70.6 Å². The Morgan fingerprint density at radius 1 is 0.605 bits per heavy atom. The zero-order valence-corrected chi connectivity index (χ0v) is 23.9. The highest BCUT2D eigenvalue weighted by atomic mass is 16.5. The molecule has 0 bridgehead atoms. The fourth-order valence-electron chi connectivity index (χ4n) is 4.58. The third-order valence-electron chi connectivity index (χ3n) is 7.08. The van der Waals surface area contributed by atoms with Crippen LogP contribution in [0.15, 0.2) is 30.3 Å². The molecule has 0 heterocycles. The van der Waals surface area contributed by atoms with E-state index >= 15 is 0 Å². The minimum absolute atomic E-state index is 0.201. The summed E-state index contributed by atoms with van der Waals surface area (Å²) in [6.45, 7) is 1.63. The molecule has 0 unspecified atom stereocenters. The molecule has 0 fully saturated rings. The van der Waals surface area contributed by atoms with Gasteiger partial charge in [0, 0.05) is 26.1 Å². The first-order valence-electron chi connectivity index (χ1n) is 15.4. The van der Waals surface area contributed by atoms with Crippen molar-refractivity contribution in [1.82, 2.24) is 0 Å². The second-order valence-corrected chi connectivity index (χ2v) is 10.6. The zero-order chi connectivity index (χ0) is 27.5. The normalized spacial score (nSPS) is 13.6. The number of aliphatic hydroxyl groups excluding tert-OH is 4. The van der Waals surface area contributed by atoms with Crippen LogP contribution >= 0.6 is 0 Å². The van der Waals surface area contributed by atoms with Gasteiger partial charge >= 0.3 is 0 Å². The number of aliphatic hydroxyl groups is 4. The second kappa shape index (κ2) is 25.8. The Morgan fingerprint density at radius 2 is 1.16 bits per heavy atom. The highest BCUT2D eigenvalue weighted by Crippen LogP contribution is 2.14. The molecule has 3 atom stereocenters. The van der Waals surface area contributed by atoms with E-state index in [9.17, 15) is 15.3 Å². The van der Waals surface area contributed by atoms with Gasteiger partial charge in [-0.05, 0) is 31.2 Å². The van der Waals surface area contributed by atoms with Crippen molar-refractivity contribution in [3.05, 3.63) is 35.9 Å². The standard InChI is InChI=1S/C33H56O5/c34-27-21-14-12-10-8-6-4-2-1-3-5-7-9-11-13-19-25-31(35)33(37)32(36)26-20-16-22-28-38-29-30-23-17-15-18-24-30/h15,17-18,23-24,31-37H,1-12,14,16,20-22,25-29H2/t31-,32-,33-/m1/s1. The lowest BCUT2D eigenvalue weighted by atomic mass is 10.00. The number of ether oxygens (including phenoxy) is 1. The lowest BCUT2D eigenvalue weighted by Gasteiger charge is -2.21. The third kappa shape index (κ3) is 20.5. The summed E-state index contributed by atoms with van der Waals surface area (Å²) < 4.78 is 5.66. The number of benzene rings is 1. The minimum atomic E-state index is -1.15. The summed E-state index contributed by atoms with van der Waals surface area (Å²) in [5, 5.41) is 39.3. The van der Waals surface area contributed by atoms with Crippen molar-refractivity contribution in [2.24, 2.45) is 0 Å². The van der Waals surface area contributed by atoms with Gasteiger partial charge in [0.15, 0.2) is 0 Å². The molecule has 1 aromatic rings. The van der Waals surface area contributed by atoms with Gasteiger partial charge in [0.1, 0.15) is 6.10 Å². The average Bonchev–Trinajstić information content (AvgIpc) is 2.94. The molecular weight excluding hydrogens is 476 g/mol. The van der Waals surface area contributed by atoms with Gasteiger partial charge in [-0.15, -0.1) is 11.8 Å². The highest BCUT2D eigenvalue weighted by molar-refractivity contribution is 5.13. The van der Waals surface area contributed by atoms with Gasteiger partial charge in [0.25, 0.3) is 0 Å². The van der Waals surface area contributed by atoms with Crippen molar-refractivity contribution >= 4 is 0 Å². The van der Waals surface area contributed by atoms with Crippen LogP contribution in [-0.4, -0.2) is 52.0 Å². The number of hydrogen-bond acceptors (Lipinski definition) is 5. The molecule has 1 rings (SSSR count). The summed E-state index contributed by atoms with van der Waals surface area (Å²) in [4.78, 5) is 0. The van der Waals surface area contributed by atoms with Crippen LogP contribution in [0.2, 0.25) is 0 Å².